The van der Waals surface area contributed by atoms with Gasteiger partial charge in [0.25, 0.3) is 0 Å². The number of nitrogens with one attached hydrogen (secondary N) is 1. The lowest BCUT2D eigenvalue weighted by molar-refractivity contribution is -0.137. The van der Waals surface area contributed by atoms with Crippen molar-refractivity contribution in [1.29, 1.82) is 5.26 Å². The van der Waals surface area contributed by atoms with Crippen molar-refractivity contribution in [3.8, 4) is 28.7 Å². The molecule has 7 nitrogen and oxygen atoms in total. The van der Waals surface area contributed by atoms with Gasteiger partial charge in [0.2, 0.25) is 0 Å². The van der Waals surface area contributed by atoms with E-state index in [2.05, 4.69) is 50.5 Å². The zero-order chi connectivity index (χ0) is 29.7. The number of carbonyl (C=O) groups is 1. The Hall–Kier alpha value is -3.90. The number of hydrogen-bond donors (Lipinski definition) is 2. The Morgan fingerprint density at radius 2 is 1.76 bits per heavy atom. The van der Waals surface area contributed by atoms with Crippen LogP contribution in [-0.2, 0) is 24.6 Å². The summed E-state index contributed by atoms with van der Waals surface area (Å²) in [5.74, 6) is 0.325. The van der Waals surface area contributed by atoms with Gasteiger partial charge in [0.15, 0.2) is 0 Å². The van der Waals surface area contributed by atoms with E-state index in [1.54, 1.807) is 18.3 Å². The molecule has 4 aromatic rings. The summed E-state index contributed by atoms with van der Waals surface area (Å²) in [5, 5.41) is 21.9. The average molecular weight is 649 g/mol. The van der Waals surface area contributed by atoms with Crippen LogP contribution >= 0.6 is 27.5 Å². The van der Waals surface area contributed by atoms with Crippen molar-refractivity contribution in [2.75, 3.05) is 6.54 Å². The Morgan fingerprint density at radius 1 is 0.952 bits per heavy atom. The lowest BCUT2D eigenvalue weighted by Crippen LogP contribution is -2.16. The number of rotatable bonds is 15. The Balaban J connectivity index is 1.48. The molecule has 0 spiro atoms. The molecule has 3 aromatic carbocycles. The molecule has 0 aliphatic rings. The van der Waals surface area contributed by atoms with Gasteiger partial charge in [-0.15, -0.1) is 0 Å². The first kappa shape index (κ1) is 31.0. The van der Waals surface area contributed by atoms with E-state index in [4.69, 9.17) is 26.2 Å². The highest BCUT2D eigenvalue weighted by Gasteiger charge is 2.14. The highest BCUT2D eigenvalue weighted by molar-refractivity contribution is 9.10. The van der Waals surface area contributed by atoms with Crippen LogP contribution in [0.15, 0.2) is 83.6 Å². The molecule has 0 radical (unpaired) electrons. The molecule has 42 heavy (non-hydrogen) atoms. The van der Waals surface area contributed by atoms with Gasteiger partial charge >= 0.3 is 5.97 Å². The number of nitriles is 1. The number of carboxylic acids is 1. The van der Waals surface area contributed by atoms with E-state index in [9.17, 15) is 10.1 Å². The highest BCUT2D eigenvalue weighted by atomic mass is 79.9. The number of ether oxygens (including phenoxy) is 2. The number of halogens is 2. The van der Waals surface area contributed by atoms with Crippen molar-refractivity contribution in [2.24, 2.45) is 0 Å². The number of carboxylic acid groups (broad SMARTS) is 1. The van der Waals surface area contributed by atoms with E-state index in [1.165, 1.54) is 6.20 Å². The number of benzene rings is 3. The van der Waals surface area contributed by atoms with Crippen LogP contribution in [0, 0.1) is 11.3 Å². The van der Waals surface area contributed by atoms with E-state index >= 15 is 0 Å². The summed E-state index contributed by atoms with van der Waals surface area (Å²) in [4.78, 5) is 14.8. The van der Waals surface area contributed by atoms with E-state index in [0.29, 0.717) is 41.7 Å². The predicted molar refractivity (Wildman–Crippen MR) is 166 cm³/mol. The quantitative estimate of drug-likeness (QED) is 0.126. The molecule has 4 rings (SSSR count). The van der Waals surface area contributed by atoms with Gasteiger partial charge in [-0.25, -0.2) is 0 Å². The Bertz CT molecular complexity index is 1540. The summed E-state index contributed by atoms with van der Waals surface area (Å²) in [6, 6.07) is 23.7. The Morgan fingerprint density at radius 3 is 2.55 bits per heavy atom. The minimum Gasteiger partial charge on any atom is -0.488 e. The number of pyridine rings is 1. The molecule has 1 heterocycles. The molecular formula is C33H31BrClN3O4. The third kappa shape index (κ3) is 9.05. The normalized spacial score (nSPS) is 10.7. The van der Waals surface area contributed by atoms with Crippen LogP contribution < -0.4 is 14.8 Å². The lowest BCUT2D eigenvalue weighted by Gasteiger charge is -2.17. The first-order valence-corrected chi connectivity index (χ1v) is 14.8. The number of aromatic nitrogens is 1. The molecule has 0 amide bonds. The second-order valence-corrected chi connectivity index (χ2v) is 10.9. The summed E-state index contributed by atoms with van der Waals surface area (Å²) in [7, 11) is 0. The smallest absolute Gasteiger partial charge is 0.303 e. The Labute approximate surface area is 259 Å². The van der Waals surface area contributed by atoms with Gasteiger partial charge in [0.1, 0.15) is 30.8 Å². The van der Waals surface area contributed by atoms with Gasteiger partial charge in [0.05, 0.1) is 10.6 Å². The standard InChI is InChI=1S/C33H31BrClN3O4/c34-33-26(10-7-11-28(33)25-8-3-1-4-9-25)22-42-31-16-30(41-21-24-14-23(17-36)18-38-19-24)27(15-29(31)35)20-37-13-6-2-5-12-32(39)40/h1,3-4,7-11,14-16,18-19,37H,2,5-6,12-13,20-22H2,(H,39,40). The van der Waals surface area contributed by atoms with Gasteiger partial charge in [-0.1, -0.05) is 66.6 Å². The first-order valence-electron chi connectivity index (χ1n) is 13.6. The summed E-state index contributed by atoms with van der Waals surface area (Å²) in [6.45, 7) is 1.75. The third-order valence-electron chi connectivity index (χ3n) is 6.54. The lowest BCUT2D eigenvalue weighted by atomic mass is 10.0. The van der Waals surface area contributed by atoms with E-state index in [1.807, 2.05) is 36.4 Å². The van der Waals surface area contributed by atoms with E-state index in [-0.39, 0.29) is 13.0 Å². The predicted octanol–water partition coefficient (Wildman–Crippen LogP) is 7.93. The van der Waals surface area contributed by atoms with Gasteiger partial charge in [-0.3, -0.25) is 9.78 Å². The average Bonchev–Trinajstić information content (AvgIpc) is 3.00. The summed E-state index contributed by atoms with van der Waals surface area (Å²) >= 11 is 10.4. The van der Waals surface area contributed by atoms with Crippen LogP contribution in [0.3, 0.4) is 0 Å². The zero-order valence-corrected chi connectivity index (χ0v) is 25.3. The second-order valence-electron chi connectivity index (χ2n) is 9.69. The van der Waals surface area contributed by atoms with Crippen molar-refractivity contribution in [3.05, 3.63) is 111 Å². The van der Waals surface area contributed by atoms with Gasteiger partial charge in [-0.05, 0) is 58.6 Å². The SMILES string of the molecule is N#Cc1cncc(COc2cc(OCc3cccc(-c4ccccc4)c3Br)c(Cl)cc2CNCCCCCC(=O)O)c1. The second kappa shape index (κ2) is 15.9. The summed E-state index contributed by atoms with van der Waals surface area (Å²) in [6.07, 6.45) is 5.71. The molecule has 0 fully saturated rings. The zero-order valence-electron chi connectivity index (χ0n) is 23.0. The number of aliphatic carboxylic acids is 1. The van der Waals surface area contributed by atoms with E-state index < -0.39 is 5.97 Å². The molecule has 216 valence electrons. The van der Waals surface area contributed by atoms with Crippen molar-refractivity contribution < 1.29 is 19.4 Å². The van der Waals surface area contributed by atoms with Gasteiger partial charge in [0, 0.05) is 52.6 Å². The van der Waals surface area contributed by atoms with E-state index in [0.717, 1.165) is 51.7 Å². The largest absolute Gasteiger partial charge is 0.488 e. The van der Waals surface area contributed by atoms with Crippen molar-refractivity contribution in [2.45, 2.75) is 45.4 Å². The number of unbranched alkanes of at least 4 members (excludes halogenated alkanes) is 2. The molecule has 0 atom stereocenters. The fraction of sp³-hybridized carbons (Fsp3) is 0.242. The molecule has 0 saturated carbocycles. The van der Waals surface area contributed by atoms with Crippen molar-refractivity contribution in [3.63, 3.8) is 0 Å². The fourth-order valence-corrected chi connectivity index (χ4v) is 5.21. The number of hydrogen-bond acceptors (Lipinski definition) is 6. The van der Waals surface area contributed by atoms with Crippen molar-refractivity contribution in [1.82, 2.24) is 10.3 Å². The van der Waals surface area contributed by atoms with Gasteiger partial charge < -0.3 is 19.9 Å². The minimum absolute atomic E-state index is 0.185. The summed E-state index contributed by atoms with van der Waals surface area (Å²) < 4.78 is 13.3. The monoisotopic (exact) mass is 647 g/mol. The maximum absolute atomic E-state index is 10.7. The van der Waals surface area contributed by atoms with Crippen LogP contribution in [0.2, 0.25) is 5.02 Å². The maximum atomic E-state index is 10.7. The topological polar surface area (TPSA) is 104 Å². The van der Waals surface area contributed by atoms with Crippen LogP contribution in [-0.4, -0.2) is 22.6 Å². The molecular weight excluding hydrogens is 618 g/mol. The molecule has 0 unspecified atom stereocenters. The molecule has 0 aliphatic carbocycles. The van der Waals surface area contributed by atoms with Crippen LogP contribution in [0.5, 0.6) is 11.5 Å². The van der Waals surface area contributed by atoms with Crippen molar-refractivity contribution >= 4 is 33.5 Å². The molecule has 0 aliphatic heterocycles. The third-order valence-corrected chi connectivity index (χ3v) is 7.77. The highest BCUT2D eigenvalue weighted by Crippen LogP contribution is 2.36. The summed E-state index contributed by atoms with van der Waals surface area (Å²) in [5.41, 5.74) is 5.24. The van der Waals surface area contributed by atoms with Crippen LogP contribution in [0.1, 0.15) is 47.9 Å². The molecule has 2 N–H and O–H groups in total. The minimum atomic E-state index is -0.770. The Kier molecular flexibility index (Phi) is 11.8. The molecule has 9 heteroatoms. The number of nitrogens with zero attached hydrogens (tertiary/aromatic N) is 2. The maximum Gasteiger partial charge on any atom is 0.303 e. The first-order chi connectivity index (χ1) is 20.4. The van der Waals surface area contributed by atoms with Crippen LogP contribution in [0.4, 0.5) is 0 Å². The van der Waals surface area contributed by atoms with Gasteiger partial charge in [-0.2, -0.15) is 5.26 Å². The molecule has 1 aromatic heterocycles. The molecule has 0 bridgehead atoms. The van der Waals surface area contributed by atoms with Crippen LogP contribution in [0.25, 0.3) is 11.1 Å². The fourth-order valence-electron chi connectivity index (χ4n) is 4.36. The molecule has 0 saturated heterocycles.